The average Bonchev–Trinajstić information content (AvgIpc) is 2.97. The highest BCUT2D eigenvalue weighted by Crippen LogP contribution is 2.44. The Bertz CT molecular complexity index is 1650. The molecule has 2 aliphatic rings. The smallest absolute Gasteiger partial charge is 0.253 e. The zero-order chi connectivity index (χ0) is 25.5. The van der Waals surface area contributed by atoms with Gasteiger partial charge in [-0.15, -0.1) is 0 Å². The predicted octanol–water partition coefficient (Wildman–Crippen LogP) is 4.69. The van der Waals surface area contributed by atoms with Crippen molar-refractivity contribution in [3.63, 3.8) is 0 Å². The zero-order valence-corrected chi connectivity index (χ0v) is 20.7. The SMILES string of the molecule is O=c1ccc2cnc(Nc3ccc(N4CCNCC4)cc3)nc2n1C1c2ccccc2Oc2ccccc21. The summed E-state index contributed by atoms with van der Waals surface area (Å²) in [6.07, 6.45) is 1.76. The predicted molar refractivity (Wildman–Crippen MR) is 149 cm³/mol. The van der Waals surface area contributed by atoms with Crippen LogP contribution in [0.5, 0.6) is 11.5 Å². The van der Waals surface area contributed by atoms with E-state index < -0.39 is 0 Å². The molecule has 5 aromatic rings. The molecule has 0 spiro atoms. The zero-order valence-electron chi connectivity index (χ0n) is 20.7. The Balaban J connectivity index is 1.29. The molecule has 8 heteroatoms. The van der Waals surface area contributed by atoms with Gasteiger partial charge in [0.25, 0.3) is 5.56 Å². The quantitative estimate of drug-likeness (QED) is 0.362. The third-order valence-electron chi connectivity index (χ3n) is 7.18. The first-order valence-electron chi connectivity index (χ1n) is 12.8. The van der Waals surface area contributed by atoms with Crippen molar-refractivity contribution in [3.05, 3.63) is 113 Å². The van der Waals surface area contributed by atoms with Gasteiger partial charge in [0.2, 0.25) is 5.95 Å². The lowest BCUT2D eigenvalue weighted by atomic mass is 9.94. The maximum absolute atomic E-state index is 13.4. The van der Waals surface area contributed by atoms with E-state index in [-0.39, 0.29) is 11.6 Å². The lowest BCUT2D eigenvalue weighted by molar-refractivity contribution is 0.434. The Morgan fingerprint density at radius 2 is 1.53 bits per heavy atom. The van der Waals surface area contributed by atoms with Gasteiger partial charge in [0.05, 0.1) is 6.04 Å². The van der Waals surface area contributed by atoms with Crippen molar-refractivity contribution < 1.29 is 4.74 Å². The molecule has 1 saturated heterocycles. The lowest BCUT2D eigenvalue weighted by Gasteiger charge is -2.30. The molecule has 0 aliphatic carbocycles. The minimum Gasteiger partial charge on any atom is -0.457 e. The Labute approximate surface area is 219 Å². The topological polar surface area (TPSA) is 84.3 Å². The fourth-order valence-electron chi connectivity index (χ4n) is 5.32. The van der Waals surface area contributed by atoms with Gasteiger partial charge in [0.15, 0.2) is 0 Å². The summed E-state index contributed by atoms with van der Waals surface area (Å²) >= 11 is 0. The Kier molecular flexibility index (Phi) is 5.52. The van der Waals surface area contributed by atoms with Crippen LogP contribution in [0.2, 0.25) is 0 Å². The highest BCUT2D eigenvalue weighted by molar-refractivity contribution is 5.77. The molecule has 188 valence electrons. The second-order valence-corrected chi connectivity index (χ2v) is 9.50. The number of ether oxygens (including phenoxy) is 1. The molecule has 1 fully saturated rings. The highest BCUT2D eigenvalue weighted by Gasteiger charge is 2.30. The molecule has 0 bridgehead atoms. The number of aromatic nitrogens is 3. The molecule has 38 heavy (non-hydrogen) atoms. The van der Waals surface area contributed by atoms with E-state index in [1.165, 1.54) is 5.69 Å². The van der Waals surface area contributed by atoms with E-state index in [4.69, 9.17) is 9.72 Å². The molecular weight excluding hydrogens is 476 g/mol. The molecule has 7 rings (SSSR count). The van der Waals surface area contributed by atoms with Crippen LogP contribution in [0, 0.1) is 0 Å². The third kappa shape index (κ3) is 3.95. The number of fused-ring (bicyclic) bond motifs is 3. The van der Waals surface area contributed by atoms with Gasteiger partial charge in [-0.2, -0.15) is 4.98 Å². The van der Waals surface area contributed by atoms with Gasteiger partial charge in [-0.05, 0) is 42.5 Å². The lowest BCUT2D eigenvalue weighted by Crippen LogP contribution is -2.43. The summed E-state index contributed by atoms with van der Waals surface area (Å²) in [4.78, 5) is 25.2. The van der Waals surface area contributed by atoms with Gasteiger partial charge in [-0.3, -0.25) is 9.36 Å². The summed E-state index contributed by atoms with van der Waals surface area (Å²) in [5, 5.41) is 7.49. The Morgan fingerprint density at radius 3 is 2.24 bits per heavy atom. The molecule has 2 aliphatic heterocycles. The van der Waals surface area contributed by atoms with Gasteiger partial charge in [-0.25, -0.2) is 4.98 Å². The number of pyridine rings is 1. The standard InChI is InChI=1S/C30H26N6O2/c37-27-14-9-20-19-32-30(33-21-10-12-22(13-11-21)35-17-15-31-16-18-35)34-29(20)36(27)28-23-5-1-3-7-25(23)38-26-8-4-2-6-24(26)28/h1-14,19,28,31H,15-18H2,(H,32,33,34). The average molecular weight is 503 g/mol. The fourth-order valence-corrected chi connectivity index (χ4v) is 5.32. The van der Waals surface area contributed by atoms with Crippen molar-refractivity contribution in [1.29, 1.82) is 0 Å². The van der Waals surface area contributed by atoms with Crippen molar-refractivity contribution in [1.82, 2.24) is 19.9 Å². The molecule has 4 heterocycles. The molecular formula is C30H26N6O2. The minimum absolute atomic E-state index is 0.140. The molecule has 0 amide bonds. The van der Waals surface area contributed by atoms with Crippen LogP contribution in [0.4, 0.5) is 17.3 Å². The van der Waals surface area contributed by atoms with Crippen LogP contribution in [0.1, 0.15) is 17.2 Å². The second-order valence-electron chi connectivity index (χ2n) is 9.50. The van der Waals surface area contributed by atoms with Crippen molar-refractivity contribution in [2.75, 3.05) is 36.4 Å². The van der Waals surface area contributed by atoms with Gasteiger partial charge < -0.3 is 20.3 Å². The summed E-state index contributed by atoms with van der Waals surface area (Å²) in [5.74, 6) is 1.90. The maximum atomic E-state index is 13.4. The molecule has 0 saturated carbocycles. The van der Waals surface area contributed by atoms with Crippen LogP contribution in [0.25, 0.3) is 11.0 Å². The molecule has 2 aromatic heterocycles. The number of hydrogen-bond acceptors (Lipinski definition) is 7. The number of hydrogen-bond donors (Lipinski definition) is 2. The van der Waals surface area contributed by atoms with E-state index in [1.54, 1.807) is 22.9 Å². The molecule has 0 atom stereocenters. The third-order valence-corrected chi connectivity index (χ3v) is 7.18. The van der Waals surface area contributed by atoms with E-state index in [9.17, 15) is 4.79 Å². The van der Waals surface area contributed by atoms with Crippen LogP contribution < -0.4 is 25.8 Å². The van der Waals surface area contributed by atoms with E-state index in [2.05, 4.69) is 32.7 Å². The first kappa shape index (κ1) is 22.5. The number of piperazine rings is 1. The Morgan fingerprint density at radius 1 is 0.842 bits per heavy atom. The van der Waals surface area contributed by atoms with Crippen LogP contribution in [-0.2, 0) is 0 Å². The number of nitrogens with zero attached hydrogens (tertiary/aromatic N) is 4. The van der Waals surface area contributed by atoms with Gasteiger partial charge in [0.1, 0.15) is 17.1 Å². The van der Waals surface area contributed by atoms with E-state index in [0.717, 1.165) is 59.9 Å². The van der Waals surface area contributed by atoms with Crippen LogP contribution in [-0.4, -0.2) is 40.7 Å². The van der Waals surface area contributed by atoms with Crippen molar-refractivity contribution in [2.24, 2.45) is 0 Å². The largest absolute Gasteiger partial charge is 0.457 e. The van der Waals surface area contributed by atoms with Gasteiger partial charge in [0, 0.05) is 66.3 Å². The van der Waals surface area contributed by atoms with E-state index in [0.29, 0.717) is 11.6 Å². The molecule has 8 nitrogen and oxygen atoms in total. The monoisotopic (exact) mass is 502 g/mol. The number of nitrogens with one attached hydrogen (secondary N) is 2. The van der Waals surface area contributed by atoms with Crippen LogP contribution in [0.3, 0.4) is 0 Å². The minimum atomic E-state index is -0.381. The summed E-state index contributed by atoms with van der Waals surface area (Å²) in [6.45, 7) is 3.98. The maximum Gasteiger partial charge on any atom is 0.253 e. The first-order valence-corrected chi connectivity index (χ1v) is 12.8. The summed E-state index contributed by atoms with van der Waals surface area (Å²) in [7, 11) is 0. The van der Waals surface area contributed by atoms with Gasteiger partial charge >= 0.3 is 0 Å². The van der Waals surface area contributed by atoms with E-state index >= 15 is 0 Å². The van der Waals surface area contributed by atoms with Crippen molar-refractivity contribution >= 4 is 28.4 Å². The van der Waals surface area contributed by atoms with Crippen LogP contribution in [0.15, 0.2) is 95.9 Å². The number of anilines is 3. The Hall–Kier alpha value is -4.69. The molecule has 2 N–H and O–H groups in total. The molecule has 0 radical (unpaired) electrons. The second kappa shape index (κ2) is 9.32. The summed E-state index contributed by atoms with van der Waals surface area (Å²) in [5.41, 5.74) is 4.33. The van der Waals surface area contributed by atoms with Crippen molar-refractivity contribution in [2.45, 2.75) is 6.04 Å². The van der Waals surface area contributed by atoms with Crippen molar-refractivity contribution in [3.8, 4) is 11.5 Å². The first-order chi connectivity index (χ1) is 18.7. The summed E-state index contributed by atoms with van der Waals surface area (Å²) in [6, 6.07) is 26.9. The summed E-state index contributed by atoms with van der Waals surface area (Å²) < 4.78 is 7.92. The van der Waals surface area contributed by atoms with Gasteiger partial charge in [-0.1, -0.05) is 36.4 Å². The number of benzene rings is 3. The van der Waals surface area contributed by atoms with E-state index in [1.807, 2.05) is 60.7 Å². The molecule has 3 aromatic carbocycles. The number of rotatable bonds is 4. The highest BCUT2D eigenvalue weighted by atomic mass is 16.5. The van der Waals surface area contributed by atoms with Crippen LogP contribution >= 0.6 is 0 Å². The molecule has 0 unspecified atom stereocenters. The normalized spacial score (nSPS) is 15.0. The fraction of sp³-hybridized carbons (Fsp3) is 0.167. The number of para-hydroxylation sites is 2.